The van der Waals surface area contributed by atoms with Gasteiger partial charge in [0.15, 0.2) is 0 Å². The smallest absolute Gasteiger partial charge is 0.111 e. The molecule has 0 amide bonds. The topological polar surface area (TPSA) is 29.9 Å². The van der Waals surface area contributed by atoms with Crippen molar-refractivity contribution in [3.05, 3.63) is 53.6 Å². The normalized spacial score (nSPS) is 22.0. The molecule has 3 rings (SSSR count). The molecule has 0 fully saturated rings. The second-order valence-electron chi connectivity index (χ2n) is 5.92. The highest BCUT2D eigenvalue weighted by Crippen LogP contribution is 2.38. The predicted octanol–water partition coefficient (Wildman–Crippen LogP) is 3.45. The van der Waals surface area contributed by atoms with E-state index in [1.807, 2.05) is 6.20 Å². The molecule has 1 aromatic heterocycles. The highest BCUT2D eigenvalue weighted by Gasteiger charge is 2.30. The lowest BCUT2D eigenvalue weighted by Gasteiger charge is -2.35. The zero-order valence-corrected chi connectivity index (χ0v) is 12.5. The minimum absolute atomic E-state index is 0.367. The summed E-state index contributed by atoms with van der Waals surface area (Å²) in [6.45, 7) is 4.42. The first kappa shape index (κ1) is 13.4. The molecule has 0 spiro atoms. The van der Waals surface area contributed by atoms with Crippen LogP contribution in [0.2, 0.25) is 0 Å². The third-order valence-corrected chi connectivity index (χ3v) is 4.37. The highest BCUT2D eigenvalue weighted by atomic mass is 15.1. The number of rotatable bonds is 3. The fourth-order valence-electron chi connectivity index (χ4n) is 3.44. The molecule has 2 aromatic rings. The van der Waals surface area contributed by atoms with Crippen molar-refractivity contribution in [2.24, 2.45) is 0 Å². The Morgan fingerprint density at radius 2 is 2.10 bits per heavy atom. The van der Waals surface area contributed by atoms with Gasteiger partial charge >= 0.3 is 0 Å². The quantitative estimate of drug-likeness (QED) is 0.925. The predicted molar refractivity (Wildman–Crippen MR) is 81.9 cm³/mol. The lowest BCUT2D eigenvalue weighted by atomic mass is 9.83. The third kappa shape index (κ3) is 2.16. The van der Waals surface area contributed by atoms with Crippen molar-refractivity contribution in [3.63, 3.8) is 0 Å². The molecule has 0 saturated heterocycles. The SMILES string of the molecule is CNC1c2ccccc2CCC1n1ccnc1C(C)C. The van der Waals surface area contributed by atoms with Gasteiger partial charge in [0.25, 0.3) is 0 Å². The van der Waals surface area contributed by atoms with E-state index in [0.29, 0.717) is 18.0 Å². The van der Waals surface area contributed by atoms with Crippen molar-refractivity contribution in [1.29, 1.82) is 0 Å². The van der Waals surface area contributed by atoms with Crippen molar-refractivity contribution >= 4 is 0 Å². The summed E-state index contributed by atoms with van der Waals surface area (Å²) in [5, 5.41) is 3.52. The molecule has 1 aliphatic carbocycles. The number of imidazole rings is 1. The van der Waals surface area contributed by atoms with Gasteiger partial charge in [-0.3, -0.25) is 0 Å². The first-order chi connectivity index (χ1) is 9.72. The molecule has 3 nitrogen and oxygen atoms in total. The van der Waals surface area contributed by atoms with Crippen LogP contribution in [0, 0.1) is 0 Å². The van der Waals surface area contributed by atoms with Crippen molar-refractivity contribution in [2.75, 3.05) is 7.05 Å². The van der Waals surface area contributed by atoms with Gasteiger partial charge in [-0.15, -0.1) is 0 Å². The van der Waals surface area contributed by atoms with Gasteiger partial charge in [-0.25, -0.2) is 4.98 Å². The Morgan fingerprint density at radius 1 is 1.30 bits per heavy atom. The van der Waals surface area contributed by atoms with Crippen LogP contribution >= 0.6 is 0 Å². The molecule has 20 heavy (non-hydrogen) atoms. The van der Waals surface area contributed by atoms with Gasteiger partial charge in [-0.1, -0.05) is 38.1 Å². The lowest BCUT2D eigenvalue weighted by Crippen LogP contribution is -2.32. The maximum Gasteiger partial charge on any atom is 0.111 e. The summed E-state index contributed by atoms with van der Waals surface area (Å²) in [6.07, 6.45) is 6.38. The molecule has 1 heterocycles. The first-order valence-corrected chi connectivity index (χ1v) is 7.50. The Balaban J connectivity index is 2.01. The van der Waals surface area contributed by atoms with E-state index in [0.717, 1.165) is 6.42 Å². The highest BCUT2D eigenvalue weighted by molar-refractivity contribution is 5.33. The van der Waals surface area contributed by atoms with Gasteiger partial charge < -0.3 is 9.88 Å². The van der Waals surface area contributed by atoms with E-state index in [2.05, 4.69) is 66.2 Å². The third-order valence-electron chi connectivity index (χ3n) is 4.37. The molecule has 0 bridgehead atoms. The van der Waals surface area contributed by atoms with Gasteiger partial charge in [0.2, 0.25) is 0 Å². The number of hydrogen-bond acceptors (Lipinski definition) is 2. The number of hydrogen-bond donors (Lipinski definition) is 1. The van der Waals surface area contributed by atoms with Crippen LogP contribution < -0.4 is 5.32 Å². The number of likely N-dealkylation sites (N-methyl/N-ethyl adjacent to an activating group) is 1. The summed E-state index contributed by atoms with van der Waals surface area (Å²) >= 11 is 0. The average molecular weight is 269 g/mol. The van der Waals surface area contributed by atoms with Gasteiger partial charge in [-0.2, -0.15) is 0 Å². The molecule has 2 atom stereocenters. The van der Waals surface area contributed by atoms with Gasteiger partial charge in [0.05, 0.1) is 12.1 Å². The largest absolute Gasteiger partial charge is 0.330 e. The van der Waals surface area contributed by atoms with Crippen molar-refractivity contribution in [3.8, 4) is 0 Å². The maximum absolute atomic E-state index is 4.55. The van der Waals surface area contributed by atoms with E-state index >= 15 is 0 Å². The monoisotopic (exact) mass is 269 g/mol. The van der Waals surface area contributed by atoms with Gasteiger partial charge in [0, 0.05) is 18.3 Å². The molecule has 0 radical (unpaired) electrons. The molecule has 2 unspecified atom stereocenters. The Kier molecular flexibility index (Phi) is 3.62. The molecule has 3 heteroatoms. The molecule has 1 aromatic carbocycles. The van der Waals surface area contributed by atoms with Crippen molar-refractivity contribution in [1.82, 2.24) is 14.9 Å². The zero-order chi connectivity index (χ0) is 14.1. The summed E-state index contributed by atoms with van der Waals surface area (Å²) in [4.78, 5) is 4.55. The average Bonchev–Trinajstić information content (AvgIpc) is 2.95. The number of aromatic nitrogens is 2. The van der Waals surface area contributed by atoms with Crippen molar-refractivity contribution < 1.29 is 0 Å². The second-order valence-corrected chi connectivity index (χ2v) is 5.92. The van der Waals surface area contributed by atoms with E-state index in [9.17, 15) is 0 Å². The van der Waals surface area contributed by atoms with E-state index in [1.54, 1.807) is 0 Å². The van der Waals surface area contributed by atoms with E-state index < -0.39 is 0 Å². The number of nitrogens with zero attached hydrogens (tertiary/aromatic N) is 2. The lowest BCUT2D eigenvalue weighted by molar-refractivity contribution is 0.322. The van der Waals surface area contributed by atoms with Crippen LogP contribution in [-0.2, 0) is 6.42 Å². The van der Waals surface area contributed by atoms with Crippen LogP contribution in [0.25, 0.3) is 0 Å². The summed E-state index contributed by atoms with van der Waals surface area (Å²) in [5.41, 5.74) is 2.92. The van der Waals surface area contributed by atoms with E-state index in [-0.39, 0.29) is 0 Å². The summed E-state index contributed by atoms with van der Waals surface area (Å²) in [7, 11) is 2.06. The Bertz CT molecular complexity index is 585. The van der Waals surface area contributed by atoms with Crippen LogP contribution in [0.5, 0.6) is 0 Å². The van der Waals surface area contributed by atoms with Crippen LogP contribution in [-0.4, -0.2) is 16.6 Å². The Morgan fingerprint density at radius 3 is 2.85 bits per heavy atom. The number of aryl methyl sites for hydroxylation is 1. The van der Waals surface area contributed by atoms with Crippen LogP contribution in [0.1, 0.15) is 55.2 Å². The molecular formula is C17H23N3. The van der Waals surface area contributed by atoms with E-state index in [1.165, 1.54) is 23.4 Å². The minimum Gasteiger partial charge on any atom is -0.330 e. The summed E-state index contributed by atoms with van der Waals surface area (Å²) in [5.74, 6) is 1.65. The van der Waals surface area contributed by atoms with Crippen LogP contribution in [0.4, 0.5) is 0 Å². The molecule has 1 aliphatic rings. The van der Waals surface area contributed by atoms with Crippen molar-refractivity contribution in [2.45, 2.75) is 44.7 Å². The van der Waals surface area contributed by atoms with Crippen LogP contribution in [0.15, 0.2) is 36.7 Å². The van der Waals surface area contributed by atoms with E-state index in [4.69, 9.17) is 0 Å². The fraction of sp³-hybridized carbons (Fsp3) is 0.471. The van der Waals surface area contributed by atoms with Gasteiger partial charge in [0.1, 0.15) is 5.82 Å². The van der Waals surface area contributed by atoms with Gasteiger partial charge in [-0.05, 0) is 31.0 Å². The number of nitrogens with one attached hydrogen (secondary N) is 1. The Labute approximate surface area is 121 Å². The minimum atomic E-state index is 0.367. The molecule has 0 aliphatic heterocycles. The van der Waals surface area contributed by atoms with Crippen LogP contribution in [0.3, 0.4) is 0 Å². The number of fused-ring (bicyclic) bond motifs is 1. The summed E-state index contributed by atoms with van der Waals surface area (Å²) in [6, 6.07) is 9.62. The molecule has 106 valence electrons. The number of benzene rings is 1. The maximum atomic E-state index is 4.55. The fourth-order valence-corrected chi connectivity index (χ4v) is 3.44. The second kappa shape index (κ2) is 5.41. The standard InChI is InChI=1S/C17H23N3/c1-12(2)17-19-10-11-20(17)15-9-8-13-6-4-5-7-14(13)16(15)18-3/h4-7,10-12,15-16,18H,8-9H2,1-3H3. The molecule has 0 saturated carbocycles. The zero-order valence-electron chi connectivity index (χ0n) is 12.5. The molecule has 1 N–H and O–H groups in total. The molecular weight excluding hydrogens is 246 g/mol. The summed E-state index contributed by atoms with van der Waals surface area (Å²) < 4.78 is 2.38. The Hall–Kier alpha value is -1.61. The first-order valence-electron chi connectivity index (χ1n) is 7.50.